The summed E-state index contributed by atoms with van der Waals surface area (Å²) in [6, 6.07) is 8.63. The molecule has 0 bridgehead atoms. The molecule has 124 valence electrons. The van der Waals surface area contributed by atoms with E-state index in [1.165, 1.54) is 20.3 Å². The van der Waals surface area contributed by atoms with Crippen LogP contribution >= 0.6 is 0 Å². The molecule has 23 heavy (non-hydrogen) atoms. The number of aliphatic hydroxyl groups is 1. The largest absolute Gasteiger partial charge is 0.497 e. The highest BCUT2D eigenvalue weighted by atomic mass is 19.4. The molecule has 0 heterocycles. The van der Waals surface area contributed by atoms with Crippen LogP contribution in [-0.4, -0.2) is 19.3 Å². The van der Waals surface area contributed by atoms with Gasteiger partial charge in [0.25, 0.3) is 0 Å². The zero-order chi connectivity index (χ0) is 17.0. The second kappa shape index (κ2) is 7.02. The van der Waals surface area contributed by atoms with E-state index in [9.17, 15) is 18.3 Å². The molecule has 0 saturated carbocycles. The number of methoxy groups -OCH3 is 2. The minimum atomic E-state index is -4.48. The summed E-state index contributed by atoms with van der Waals surface area (Å²) < 4.78 is 49.4. The van der Waals surface area contributed by atoms with E-state index in [1.807, 2.05) is 0 Å². The summed E-state index contributed by atoms with van der Waals surface area (Å²) in [5, 5.41) is 9.24. The van der Waals surface area contributed by atoms with Crippen LogP contribution in [0.2, 0.25) is 0 Å². The van der Waals surface area contributed by atoms with Gasteiger partial charge >= 0.3 is 6.18 Å². The number of hydrogen-bond acceptors (Lipinski definition) is 3. The topological polar surface area (TPSA) is 38.7 Å². The number of rotatable bonds is 5. The third-order valence-electron chi connectivity index (χ3n) is 3.43. The number of ether oxygens (including phenoxy) is 2. The lowest BCUT2D eigenvalue weighted by atomic mass is 9.96. The van der Waals surface area contributed by atoms with Crippen molar-refractivity contribution in [3.8, 4) is 16.9 Å². The first-order valence-corrected chi connectivity index (χ1v) is 6.87. The van der Waals surface area contributed by atoms with Gasteiger partial charge in [0.1, 0.15) is 5.75 Å². The van der Waals surface area contributed by atoms with Crippen molar-refractivity contribution in [2.45, 2.75) is 19.4 Å². The van der Waals surface area contributed by atoms with E-state index in [0.29, 0.717) is 22.4 Å². The SMILES string of the molecule is COCc1cc(OC)ccc1-c1cc(CO)cc(C(F)(F)F)c1. The number of aliphatic hydroxyl groups excluding tert-OH is 1. The average molecular weight is 326 g/mol. The molecule has 0 atom stereocenters. The molecule has 0 aliphatic rings. The molecule has 0 unspecified atom stereocenters. The van der Waals surface area contributed by atoms with Crippen LogP contribution in [0.15, 0.2) is 36.4 Å². The van der Waals surface area contributed by atoms with Crippen LogP contribution in [0.4, 0.5) is 13.2 Å². The van der Waals surface area contributed by atoms with Crippen LogP contribution in [0, 0.1) is 0 Å². The maximum absolute atomic E-state index is 13.0. The van der Waals surface area contributed by atoms with E-state index < -0.39 is 18.3 Å². The van der Waals surface area contributed by atoms with Gasteiger partial charge in [-0.15, -0.1) is 0 Å². The van der Waals surface area contributed by atoms with Crippen molar-refractivity contribution in [3.63, 3.8) is 0 Å². The van der Waals surface area contributed by atoms with Crippen molar-refractivity contribution in [1.82, 2.24) is 0 Å². The zero-order valence-corrected chi connectivity index (χ0v) is 12.8. The molecule has 0 spiro atoms. The van der Waals surface area contributed by atoms with Gasteiger partial charge in [-0.2, -0.15) is 13.2 Å². The summed E-state index contributed by atoms with van der Waals surface area (Å²) in [5.41, 5.74) is 1.09. The van der Waals surface area contributed by atoms with Crippen LogP contribution < -0.4 is 4.74 Å². The van der Waals surface area contributed by atoms with Gasteiger partial charge in [-0.1, -0.05) is 6.07 Å². The second-order valence-electron chi connectivity index (χ2n) is 5.03. The number of halogens is 3. The van der Waals surface area contributed by atoms with Crippen molar-refractivity contribution in [3.05, 3.63) is 53.1 Å². The predicted octanol–water partition coefficient (Wildman–Crippen LogP) is 4.02. The highest BCUT2D eigenvalue weighted by molar-refractivity contribution is 5.70. The highest BCUT2D eigenvalue weighted by Crippen LogP contribution is 2.35. The molecular weight excluding hydrogens is 309 g/mol. The fourth-order valence-corrected chi connectivity index (χ4v) is 2.36. The summed E-state index contributed by atoms with van der Waals surface area (Å²) >= 11 is 0. The Morgan fingerprint density at radius 3 is 2.35 bits per heavy atom. The van der Waals surface area contributed by atoms with Gasteiger partial charge in [-0.25, -0.2) is 0 Å². The van der Waals surface area contributed by atoms with Crippen LogP contribution in [0.3, 0.4) is 0 Å². The Morgan fingerprint density at radius 2 is 1.78 bits per heavy atom. The van der Waals surface area contributed by atoms with Gasteiger partial charge in [0.2, 0.25) is 0 Å². The second-order valence-corrected chi connectivity index (χ2v) is 5.03. The molecule has 0 amide bonds. The Morgan fingerprint density at radius 1 is 1.04 bits per heavy atom. The Labute approximate surface area is 132 Å². The van der Waals surface area contributed by atoms with Crippen molar-refractivity contribution in [1.29, 1.82) is 0 Å². The fourth-order valence-electron chi connectivity index (χ4n) is 2.36. The maximum Gasteiger partial charge on any atom is 0.416 e. The first-order valence-electron chi connectivity index (χ1n) is 6.87. The van der Waals surface area contributed by atoms with Gasteiger partial charge < -0.3 is 14.6 Å². The smallest absolute Gasteiger partial charge is 0.416 e. The van der Waals surface area contributed by atoms with Gasteiger partial charge in [-0.05, 0) is 52.6 Å². The van der Waals surface area contributed by atoms with E-state index in [4.69, 9.17) is 9.47 Å². The molecule has 0 radical (unpaired) electrons. The average Bonchev–Trinajstić information content (AvgIpc) is 2.53. The summed E-state index contributed by atoms with van der Waals surface area (Å²) in [6.45, 7) is -0.232. The van der Waals surface area contributed by atoms with Gasteiger partial charge in [0, 0.05) is 7.11 Å². The first kappa shape index (κ1) is 17.3. The molecule has 1 N–H and O–H groups in total. The molecule has 2 rings (SSSR count). The molecule has 6 heteroatoms. The minimum absolute atomic E-state index is 0.203. The Kier molecular flexibility index (Phi) is 5.28. The molecule has 0 aromatic heterocycles. The molecular formula is C17H17F3O3. The summed E-state index contributed by atoms with van der Waals surface area (Å²) in [4.78, 5) is 0. The van der Waals surface area contributed by atoms with Crippen molar-refractivity contribution < 1.29 is 27.8 Å². The third-order valence-corrected chi connectivity index (χ3v) is 3.43. The first-order chi connectivity index (χ1) is 10.9. The molecule has 0 aliphatic carbocycles. The lowest BCUT2D eigenvalue weighted by Gasteiger charge is -2.15. The van der Waals surface area contributed by atoms with Crippen LogP contribution in [0.5, 0.6) is 5.75 Å². The monoisotopic (exact) mass is 326 g/mol. The quantitative estimate of drug-likeness (QED) is 0.902. The van der Waals surface area contributed by atoms with Crippen molar-refractivity contribution >= 4 is 0 Å². The van der Waals surface area contributed by atoms with E-state index >= 15 is 0 Å². The lowest BCUT2D eigenvalue weighted by Crippen LogP contribution is -2.06. The van der Waals surface area contributed by atoms with Gasteiger partial charge in [0.05, 0.1) is 25.9 Å². The van der Waals surface area contributed by atoms with Crippen LogP contribution in [0.25, 0.3) is 11.1 Å². The van der Waals surface area contributed by atoms with Gasteiger partial charge in [-0.3, -0.25) is 0 Å². The van der Waals surface area contributed by atoms with Crippen LogP contribution in [-0.2, 0) is 24.1 Å². The van der Waals surface area contributed by atoms with E-state index in [-0.39, 0.29) is 12.2 Å². The zero-order valence-electron chi connectivity index (χ0n) is 12.8. The minimum Gasteiger partial charge on any atom is -0.497 e. The van der Waals surface area contributed by atoms with Crippen molar-refractivity contribution in [2.75, 3.05) is 14.2 Å². The highest BCUT2D eigenvalue weighted by Gasteiger charge is 2.31. The lowest BCUT2D eigenvalue weighted by molar-refractivity contribution is -0.137. The van der Waals surface area contributed by atoms with E-state index in [1.54, 1.807) is 18.2 Å². The normalized spacial score (nSPS) is 11.6. The molecule has 2 aromatic rings. The fraction of sp³-hybridized carbons (Fsp3) is 0.294. The Balaban J connectivity index is 2.61. The summed E-state index contributed by atoms with van der Waals surface area (Å²) in [7, 11) is 3.02. The summed E-state index contributed by atoms with van der Waals surface area (Å²) in [5.74, 6) is 0.593. The van der Waals surface area contributed by atoms with Crippen LogP contribution in [0.1, 0.15) is 16.7 Å². The van der Waals surface area contributed by atoms with Gasteiger partial charge in [0.15, 0.2) is 0 Å². The molecule has 3 nitrogen and oxygen atoms in total. The third kappa shape index (κ3) is 4.03. The number of hydrogen-bond donors (Lipinski definition) is 1. The number of alkyl halides is 3. The molecule has 0 aliphatic heterocycles. The standard InChI is InChI=1S/C17H17F3O3/c1-22-10-13-8-15(23-2)3-4-16(13)12-5-11(9-21)6-14(7-12)17(18,19)20/h3-8,21H,9-10H2,1-2H3. The Hall–Kier alpha value is -2.05. The molecule has 0 fully saturated rings. The maximum atomic E-state index is 13.0. The van der Waals surface area contributed by atoms with E-state index in [2.05, 4.69) is 0 Å². The van der Waals surface area contributed by atoms with Crippen molar-refractivity contribution in [2.24, 2.45) is 0 Å². The summed E-state index contributed by atoms with van der Waals surface area (Å²) in [6.07, 6.45) is -4.48. The Bertz CT molecular complexity index is 681. The molecule has 0 saturated heterocycles. The molecule has 2 aromatic carbocycles. The number of benzene rings is 2. The predicted molar refractivity (Wildman–Crippen MR) is 80.1 cm³/mol. The van der Waals surface area contributed by atoms with E-state index in [0.717, 1.165) is 12.1 Å².